The summed E-state index contributed by atoms with van der Waals surface area (Å²) in [5, 5.41) is 0. The third kappa shape index (κ3) is 3.32. The molecule has 21 heavy (non-hydrogen) atoms. The Bertz CT molecular complexity index is 561. The number of hydrogen-bond donors (Lipinski definition) is 0. The molecule has 1 atom stereocenters. The van der Waals surface area contributed by atoms with E-state index in [2.05, 4.69) is 15.9 Å². The van der Waals surface area contributed by atoms with Crippen LogP contribution in [0.2, 0.25) is 0 Å². The van der Waals surface area contributed by atoms with Gasteiger partial charge in [-0.2, -0.15) is 0 Å². The van der Waals surface area contributed by atoms with Crippen molar-refractivity contribution in [3.8, 4) is 0 Å². The van der Waals surface area contributed by atoms with Gasteiger partial charge in [0.15, 0.2) is 11.2 Å². The standard InChI is InChI=1S/C15H16BrFO4/c1-2-21-14(19)15(9-20-6-5-13(15)18)8-10-3-4-11(17)7-12(10)16/h3-4,7H,2,5-6,8-9H2,1H3. The predicted octanol–water partition coefficient (Wildman–Crippen LogP) is 2.67. The average Bonchev–Trinajstić information content (AvgIpc) is 2.44. The van der Waals surface area contributed by atoms with Crippen LogP contribution in [0.25, 0.3) is 0 Å². The van der Waals surface area contributed by atoms with Gasteiger partial charge in [0.1, 0.15) is 5.82 Å². The molecule has 0 N–H and O–H groups in total. The maximum absolute atomic E-state index is 13.2. The minimum atomic E-state index is -1.34. The second kappa shape index (κ2) is 6.66. The third-order valence-electron chi connectivity index (χ3n) is 3.53. The number of ether oxygens (including phenoxy) is 2. The molecule has 0 spiro atoms. The number of rotatable bonds is 4. The van der Waals surface area contributed by atoms with Crippen molar-refractivity contribution in [3.05, 3.63) is 34.1 Å². The second-order valence-corrected chi connectivity index (χ2v) is 5.80. The highest BCUT2D eigenvalue weighted by molar-refractivity contribution is 9.10. The molecule has 0 aliphatic carbocycles. The smallest absolute Gasteiger partial charge is 0.322 e. The summed E-state index contributed by atoms with van der Waals surface area (Å²) in [5.74, 6) is -1.16. The topological polar surface area (TPSA) is 52.6 Å². The van der Waals surface area contributed by atoms with Gasteiger partial charge in [0, 0.05) is 10.9 Å². The van der Waals surface area contributed by atoms with Gasteiger partial charge in [-0.3, -0.25) is 9.59 Å². The highest BCUT2D eigenvalue weighted by Crippen LogP contribution is 2.34. The Morgan fingerprint density at radius 3 is 2.90 bits per heavy atom. The zero-order valence-corrected chi connectivity index (χ0v) is 13.2. The molecule has 0 bridgehead atoms. The van der Waals surface area contributed by atoms with Gasteiger partial charge in [-0.15, -0.1) is 0 Å². The van der Waals surface area contributed by atoms with Crippen LogP contribution in [0.4, 0.5) is 4.39 Å². The summed E-state index contributed by atoms with van der Waals surface area (Å²) in [6.07, 6.45) is 0.309. The summed E-state index contributed by atoms with van der Waals surface area (Å²) in [5.41, 5.74) is -0.669. The van der Waals surface area contributed by atoms with Crippen LogP contribution < -0.4 is 0 Å². The summed E-state index contributed by atoms with van der Waals surface area (Å²) in [4.78, 5) is 24.6. The first-order valence-electron chi connectivity index (χ1n) is 6.72. The van der Waals surface area contributed by atoms with Crippen LogP contribution in [0.5, 0.6) is 0 Å². The Hall–Kier alpha value is -1.27. The van der Waals surface area contributed by atoms with E-state index in [0.717, 1.165) is 0 Å². The van der Waals surface area contributed by atoms with E-state index in [9.17, 15) is 14.0 Å². The lowest BCUT2D eigenvalue weighted by Crippen LogP contribution is -2.49. The molecule has 0 amide bonds. The normalized spacial score (nSPS) is 22.1. The van der Waals surface area contributed by atoms with E-state index in [0.29, 0.717) is 16.6 Å². The quantitative estimate of drug-likeness (QED) is 0.613. The minimum Gasteiger partial charge on any atom is -0.465 e. The fourth-order valence-electron chi connectivity index (χ4n) is 2.38. The molecule has 6 heteroatoms. The van der Waals surface area contributed by atoms with Gasteiger partial charge in [0.05, 0.1) is 19.8 Å². The van der Waals surface area contributed by atoms with Gasteiger partial charge >= 0.3 is 5.97 Å². The van der Waals surface area contributed by atoms with Gasteiger partial charge in [-0.05, 0) is 31.0 Å². The Morgan fingerprint density at radius 1 is 1.52 bits per heavy atom. The average molecular weight is 359 g/mol. The van der Waals surface area contributed by atoms with E-state index >= 15 is 0 Å². The maximum Gasteiger partial charge on any atom is 0.322 e. The van der Waals surface area contributed by atoms with Gasteiger partial charge in [-0.1, -0.05) is 22.0 Å². The second-order valence-electron chi connectivity index (χ2n) is 4.94. The van der Waals surface area contributed by atoms with Crippen molar-refractivity contribution >= 4 is 27.7 Å². The van der Waals surface area contributed by atoms with E-state index in [4.69, 9.17) is 9.47 Å². The Labute approximate surface area is 130 Å². The van der Waals surface area contributed by atoms with Gasteiger partial charge < -0.3 is 9.47 Å². The van der Waals surface area contributed by atoms with Crippen LogP contribution >= 0.6 is 15.9 Å². The highest BCUT2D eigenvalue weighted by atomic mass is 79.9. The number of hydrogen-bond acceptors (Lipinski definition) is 4. The fourth-order valence-corrected chi connectivity index (χ4v) is 2.88. The Balaban J connectivity index is 2.35. The number of benzene rings is 1. The van der Waals surface area contributed by atoms with E-state index < -0.39 is 11.4 Å². The molecule has 0 aromatic heterocycles. The summed E-state index contributed by atoms with van der Waals surface area (Å²) in [6, 6.07) is 4.16. The molecule has 2 rings (SSSR count). The molecule has 1 aliphatic rings. The van der Waals surface area contributed by atoms with Gasteiger partial charge in [-0.25, -0.2) is 4.39 Å². The molecule has 1 aromatic rings. The van der Waals surface area contributed by atoms with Crippen LogP contribution in [0.15, 0.2) is 22.7 Å². The van der Waals surface area contributed by atoms with Gasteiger partial charge in [0.2, 0.25) is 0 Å². The summed E-state index contributed by atoms with van der Waals surface area (Å²) >= 11 is 3.26. The molecule has 1 unspecified atom stereocenters. The molecule has 1 aliphatic heterocycles. The predicted molar refractivity (Wildman–Crippen MR) is 77.3 cm³/mol. The van der Waals surface area contributed by atoms with E-state index in [1.54, 1.807) is 13.0 Å². The van der Waals surface area contributed by atoms with Crippen molar-refractivity contribution < 1.29 is 23.5 Å². The van der Waals surface area contributed by atoms with Crippen molar-refractivity contribution in [2.45, 2.75) is 19.8 Å². The molecule has 114 valence electrons. The molecule has 0 radical (unpaired) electrons. The Morgan fingerprint density at radius 2 is 2.29 bits per heavy atom. The monoisotopic (exact) mass is 358 g/mol. The molecule has 0 saturated carbocycles. The number of halogens is 2. The highest BCUT2D eigenvalue weighted by Gasteiger charge is 2.49. The number of carbonyl (C=O) groups excluding carboxylic acids is 2. The molecule has 1 saturated heterocycles. The van der Waals surface area contributed by atoms with Gasteiger partial charge in [0.25, 0.3) is 0 Å². The lowest BCUT2D eigenvalue weighted by Gasteiger charge is -2.33. The number of esters is 1. The zero-order chi connectivity index (χ0) is 15.5. The lowest BCUT2D eigenvalue weighted by atomic mass is 9.76. The van der Waals surface area contributed by atoms with E-state index in [1.165, 1.54) is 12.1 Å². The summed E-state index contributed by atoms with van der Waals surface area (Å²) < 4.78 is 24.1. The van der Waals surface area contributed by atoms with Crippen molar-refractivity contribution in [3.63, 3.8) is 0 Å². The van der Waals surface area contributed by atoms with Crippen molar-refractivity contribution in [1.82, 2.24) is 0 Å². The van der Waals surface area contributed by atoms with Crippen molar-refractivity contribution in [2.24, 2.45) is 5.41 Å². The van der Waals surface area contributed by atoms with Crippen LogP contribution in [-0.2, 0) is 25.5 Å². The minimum absolute atomic E-state index is 0.00547. The summed E-state index contributed by atoms with van der Waals surface area (Å²) in [6.45, 7) is 2.19. The molecular weight excluding hydrogens is 343 g/mol. The third-order valence-corrected chi connectivity index (χ3v) is 4.27. The maximum atomic E-state index is 13.2. The van der Waals surface area contributed by atoms with E-state index in [-0.39, 0.29) is 37.7 Å². The Kier molecular flexibility index (Phi) is 5.11. The number of carbonyl (C=O) groups is 2. The van der Waals surface area contributed by atoms with Crippen molar-refractivity contribution in [1.29, 1.82) is 0 Å². The lowest BCUT2D eigenvalue weighted by molar-refractivity contribution is -0.169. The summed E-state index contributed by atoms with van der Waals surface area (Å²) in [7, 11) is 0. The molecular formula is C15H16BrFO4. The first-order chi connectivity index (χ1) is 9.99. The van der Waals surface area contributed by atoms with Crippen LogP contribution in [0, 0.1) is 11.2 Å². The first kappa shape index (κ1) is 16.1. The molecule has 1 heterocycles. The van der Waals surface area contributed by atoms with Crippen LogP contribution in [0.1, 0.15) is 18.9 Å². The largest absolute Gasteiger partial charge is 0.465 e. The molecule has 1 aromatic carbocycles. The number of ketones is 1. The molecule has 4 nitrogen and oxygen atoms in total. The van der Waals surface area contributed by atoms with Crippen molar-refractivity contribution in [2.75, 3.05) is 19.8 Å². The van der Waals surface area contributed by atoms with Crippen LogP contribution in [-0.4, -0.2) is 31.6 Å². The fraction of sp³-hybridized carbons (Fsp3) is 0.467. The zero-order valence-electron chi connectivity index (χ0n) is 11.7. The number of Topliss-reactive ketones (excluding diaryl/α,β-unsaturated/α-hetero) is 1. The van der Waals surface area contributed by atoms with E-state index in [1.807, 2.05) is 0 Å². The first-order valence-corrected chi connectivity index (χ1v) is 7.51. The SMILES string of the molecule is CCOC(=O)C1(Cc2ccc(F)cc2Br)COCCC1=O. The van der Waals surface area contributed by atoms with Crippen LogP contribution in [0.3, 0.4) is 0 Å². The molecule has 1 fully saturated rings.